The second kappa shape index (κ2) is 5.17. The highest BCUT2D eigenvalue weighted by Gasteiger charge is 2.00. The summed E-state index contributed by atoms with van der Waals surface area (Å²) in [6.45, 7) is 8.56. The van der Waals surface area contributed by atoms with E-state index in [1.165, 1.54) is 11.4 Å². The maximum absolute atomic E-state index is 9.05. The topological polar surface area (TPSA) is 37.2 Å². The van der Waals surface area contributed by atoms with Crippen molar-refractivity contribution in [3.05, 3.63) is 23.5 Å². The maximum atomic E-state index is 9.05. The van der Waals surface area contributed by atoms with Crippen molar-refractivity contribution in [2.24, 2.45) is 0 Å². The molecule has 1 rings (SSSR count). The third-order valence-electron chi connectivity index (χ3n) is 2.37. The number of aromatic nitrogens is 1. The van der Waals surface area contributed by atoms with Crippen LogP contribution < -0.4 is 5.32 Å². The molecular formula is C11H20N2O. The zero-order valence-corrected chi connectivity index (χ0v) is 9.25. The van der Waals surface area contributed by atoms with E-state index in [0.717, 1.165) is 13.1 Å². The summed E-state index contributed by atoms with van der Waals surface area (Å²) in [7, 11) is 0. The third kappa shape index (κ3) is 3.16. The molecule has 80 valence electrons. The number of rotatable bonds is 5. The van der Waals surface area contributed by atoms with Crippen LogP contribution in [-0.4, -0.2) is 28.9 Å². The lowest BCUT2D eigenvalue weighted by Crippen LogP contribution is -2.28. The first-order valence-corrected chi connectivity index (χ1v) is 5.13. The Hall–Kier alpha value is -0.800. The molecule has 1 unspecified atom stereocenters. The monoisotopic (exact) mass is 196 g/mol. The van der Waals surface area contributed by atoms with Crippen LogP contribution >= 0.6 is 0 Å². The number of aliphatic hydroxyl groups excluding tert-OH is 1. The van der Waals surface area contributed by atoms with Gasteiger partial charge in [0.15, 0.2) is 0 Å². The predicted octanol–water partition coefficient (Wildman–Crippen LogP) is 1.08. The van der Waals surface area contributed by atoms with Crippen molar-refractivity contribution in [3.63, 3.8) is 0 Å². The molecule has 0 aromatic carbocycles. The van der Waals surface area contributed by atoms with Gasteiger partial charge in [0.1, 0.15) is 0 Å². The number of nitrogens with zero attached hydrogens (tertiary/aromatic N) is 1. The highest BCUT2D eigenvalue weighted by molar-refractivity contribution is 5.13. The van der Waals surface area contributed by atoms with E-state index in [1.807, 2.05) is 0 Å². The molecule has 0 aliphatic rings. The van der Waals surface area contributed by atoms with Crippen LogP contribution in [0.3, 0.4) is 0 Å². The minimum Gasteiger partial charge on any atom is -0.392 e. The molecule has 1 atom stereocenters. The Bertz CT molecular complexity index is 259. The van der Waals surface area contributed by atoms with Crippen LogP contribution in [0.25, 0.3) is 0 Å². The summed E-state index contributed by atoms with van der Waals surface area (Å²) in [5, 5.41) is 12.3. The zero-order chi connectivity index (χ0) is 10.6. The smallest absolute Gasteiger partial charge is 0.0636 e. The first-order valence-electron chi connectivity index (χ1n) is 5.13. The average Bonchev–Trinajstić information content (AvgIpc) is 2.42. The Morgan fingerprint density at radius 3 is 2.43 bits per heavy atom. The number of aliphatic hydroxyl groups is 1. The van der Waals surface area contributed by atoms with Crippen molar-refractivity contribution in [1.29, 1.82) is 0 Å². The number of hydrogen-bond donors (Lipinski definition) is 2. The van der Waals surface area contributed by atoms with Gasteiger partial charge < -0.3 is 15.0 Å². The molecule has 0 bridgehead atoms. The fourth-order valence-corrected chi connectivity index (χ4v) is 1.55. The van der Waals surface area contributed by atoms with E-state index in [-0.39, 0.29) is 6.10 Å². The second-order valence-corrected chi connectivity index (χ2v) is 3.82. The average molecular weight is 196 g/mol. The van der Waals surface area contributed by atoms with Crippen LogP contribution in [0.4, 0.5) is 0 Å². The molecule has 14 heavy (non-hydrogen) atoms. The molecule has 0 radical (unpaired) electrons. The molecule has 1 heterocycles. The van der Waals surface area contributed by atoms with Gasteiger partial charge in [0.25, 0.3) is 0 Å². The summed E-state index contributed by atoms with van der Waals surface area (Å²) in [6, 6.07) is 4.26. The Labute approximate surface area is 85.7 Å². The van der Waals surface area contributed by atoms with Gasteiger partial charge in [-0.2, -0.15) is 0 Å². The van der Waals surface area contributed by atoms with Crippen molar-refractivity contribution in [2.45, 2.75) is 33.4 Å². The standard InChI is InChI=1S/C11H20N2O/c1-9-4-5-10(2)13(9)7-6-12-8-11(3)14/h4-5,11-12,14H,6-8H2,1-3H3. The first-order chi connectivity index (χ1) is 6.61. The molecule has 0 saturated heterocycles. The Morgan fingerprint density at radius 1 is 1.36 bits per heavy atom. The van der Waals surface area contributed by atoms with E-state index in [4.69, 9.17) is 5.11 Å². The molecule has 3 nitrogen and oxygen atoms in total. The van der Waals surface area contributed by atoms with Crippen molar-refractivity contribution >= 4 is 0 Å². The van der Waals surface area contributed by atoms with Gasteiger partial charge >= 0.3 is 0 Å². The van der Waals surface area contributed by atoms with Crippen LogP contribution in [0.2, 0.25) is 0 Å². The first kappa shape index (κ1) is 11.3. The van der Waals surface area contributed by atoms with Crippen LogP contribution in [0.15, 0.2) is 12.1 Å². The lowest BCUT2D eigenvalue weighted by atomic mass is 10.4. The minimum atomic E-state index is -0.262. The normalized spacial score (nSPS) is 13.1. The van der Waals surface area contributed by atoms with Crippen LogP contribution in [0.1, 0.15) is 18.3 Å². The SMILES string of the molecule is Cc1ccc(C)n1CCNCC(C)O. The summed E-state index contributed by atoms with van der Waals surface area (Å²) < 4.78 is 2.27. The van der Waals surface area contributed by atoms with Crippen LogP contribution in [-0.2, 0) is 6.54 Å². The van der Waals surface area contributed by atoms with Gasteiger partial charge in [-0.05, 0) is 32.9 Å². The highest BCUT2D eigenvalue weighted by Crippen LogP contribution is 2.05. The number of hydrogen-bond acceptors (Lipinski definition) is 2. The predicted molar refractivity (Wildman–Crippen MR) is 58.5 cm³/mol. The van der Waals surface area contributed by atoms with Gasteiger partial charge in [-0.3, -0.25) is 0 Å². The molecule has 0 aliphatic carbocycles. The summed E-state index contributed by atoms with van der Waals surface area (Å²) in [5.41, 5.74) is 2.59. The number of aryl methyl sites for hydroxylation is 2. The Kier molecular flexibility index (Phi) is 4.17. The minimum absolute atomic E-state index is 0.262. The molecule has 3 heteroatoms. The summed E-state index contributed by atoms with van der Waals surface area (Å²) in [6.07, 6.45) is -0.262. The molecule has 1 aromatic rings. The van der Waals surface area contributed by atoms with Gasteiger partial charge in [0.2, 0.25) is 0 Å². The zero-order valence-electron chi connectivity index (χ0n) is 9.25. The maximum Gasteiger partial charge on any atom is 0.0636 e. The molecule has 2 N–H and O–H groups in total. The summed E-state index contributed by atoms with van der Waals surface area (Å²) >= 11 is 0. The molecule has 1 aromatic heterocycles. The third-order valence-corrected chi connectivity index (χ3v) is 2.37. The van der Waals surface area contributed by atoms with E-state index in [9.17, 15) is 0 Å². The molecule has 0 aliphatic heterocycles. The van der Waals surface area contributed by atoms with Gasteiger partial charge in [0.05, 0.1) is 6.10 Å². The van der Waals surface area contributed by atoms with Crippen molar-refractivity contribution in [2.75, 3.05) is 13.1 Å². The Morgan fingerprint density at radius 2 is 1.93 bits per heavy atom. The van der Waals surface area contributed by atoms with Crippen molar-refractivity contribution in [3.8, 4) is 0 Å². The van der Waals surface area contributed by atoms with Gasteiger partial charge in [-0.25, -0.2) is 0 Å². The fourth-order valence-electron chi connectivity index (χ4n) is 1.55. The fraction of sp³-hybridized carbons (Fsp3) is 0.636. The van der Waals surface area contributed by atoms with E-state index >= 15 is 0 Å². The van der Waals surface area contributed by atoms with E-state index in [1.54, 1.807) is 6.92 Å². The van der Waals surface area contributed by atoms with E-state index in [0.29, 0.717) is 6.54 Å². The quantitative estimate of drug-likeness (QED) is 0.691. The molecule has 0 spiro atoms. The van der Waals surface area contributed by atoms with E-state index < -0.39 is 0 Å². The van der Waals surface area contributed by atoms with Crippen LogP contribution in [0.5, 0.6) is 0 Å². The molecule has 0 amide bonds. The number of nitrogens with one attached hydrogen (secondary N) is 1. The van der Waals surface area contributed by atoms with E-state index in [2.05, 4.69) is 35.9 Å². The van der Waals surface area contributed by atoms with Crippen LogP contribution in [0, 0.1) is 13.8 Å². The van der Waals surface area contributed by atoms with Crippen molar-refractivity contribution < 1.29 is 5.11 Å². The van der Waals surface area contributed by atoms with Crippen molar-refractivity contribution in [1.82, 2.24) is 9.88 Å². The Balaban J connectivity index is 2.31. The molecule has 0 fully saturated rings. The summed E-state index contributed by atoms with van der Waals surface area (Å²) in [4.78, 5) is 0. The summed E-state index contributed by atoms with van der Waals surface area (Å²) in [5.74, 6) is 0. The lowest BCUT2D eigenvalue weighted by molar-refractivity contribution is 0.191. The highest BCUT2D eigenvalue weighted by atomic mass is 16.3. The second-order valence-electron chi connectivity index (χ2n) is 3.82. The largest absolute Gasteiger partial charge is 0.392 e. The van der Waals surface area contributed by atoms with Gasteiger partial charge in [-0.15, -0.1) is 0 Å². The van der Waals surface area contributed by atoms with Gasteiger partial charge in [-0.1, -0.05) is 0 Å². The lowest BCUT2D eigenvalue weighted by Gasteiger charge is -2.11. The molecular weight excluding hydrogens is 176 g/mol. The van der Waals surface area contributed by atoms with Gasteiger partial charge in [0, 0.05) is 31.0 Å². The molecule has 0 saturated carbocycles.